The van der Waals surface area contributed by atoms with Gasteiger partial charge in [-0.15, -0.1) is 12.6 Å². The zero-order chi connectivity index (χ0) is 11.5. The van der Waals surface area contributed by atoms with E-state index in [0.29, 0.717) is 5.75 Å². The molecule has 1 N–H and O–H groups in total. The van der Waals surface area contributed by atoms with Crippen molar-refractivity contribution in [3.05, 3.63) is 42.5 Å². The lowest BCUT2D eigenvalue weighted by Crippen LogP contribution is -1.85. The van der Waals surface area contributed by atoms with Crippen LogP contribution in [0, 0.1) is 0 Å². The molecular weight excluding hydrogens is 220 g/mol. The van der Waals surface area contributed by atoms with E-state index in [4.69, 9.17) is 4.74 Å². The number of thiol groups is 1. The highest BCUT2D eigenvalue weighted by Crippen LogP contribution is 2.33. The molecule has 0 saturated carbocycles. The SMILES string of the molecule is COc1ccc(-c2ccccc2S)cc1O. The molecule has 3 heteroatoms. The molecule has 0 aliphatic rings. The molecule has 2 aromatic carbocycles. The van der Waals surface area contributed by atoms with Gasteiger partial charge in [-0.05, 0) is 29.3 Å². The molecule has 2 rings (SSSR count). The van der Waals surface area contributed by atoms with E-state index in [1.807, 2.05) is 30.3 Å². The Labute approximate surface area is 99.9 Å². The summed E-state index contributed by atoms with van der Waals surface area (Å²) in [6.07, 6.45) is 0. The van der Waals surface area contributed by atoms with E-state index in [9.17, 15) is 5.11 Å². The number of methoxy groups -OCH3 is 1. The fourth-order valence-corrected chi connectivity index (χ4v) is 1.86. The molecule has 2 nitrogen and oxygen atoms in total. The minimum atomic E-state index is 0.136. The zero-order valence-electron chi connectivity index (χ0n) is 8.84. The summed E-state index contributed by atoms with van der Waals surface area (Å²) in [6, 6.07) is 13.1. The van der Waals surface area contributed by atoms with Crippen LogP contribution in [0.25, 0.3) is 11.1 Å². The van der Waals surface area contributed by atoms with Crippen molar-refractivity contribution in [2.75, 3.05) is 7.11 Å². The van der Waals surface area contributed by atoms with Gasteiger partial charge in [0.2, 0.25) is 0 Å². The summed E-state index contributed by atoms with van der Waals surface area (Å²) in [5.41, 5.74) is 1.91. The number of phenols is 1. The van der Waals surface area contributed by atoms with Gasteiger partial charge >= 0.3 is 0 Å². The van der Waals surface area contributed by atoms with Crippen LogP contribution < -0.4 is 4.74 Å². The maximum Gasteiger partial charge on any atom is 0.160 e. The monoisotopic (exact) mass is 232 g/mol. The van der Waals surface area contributed by atoms with E-state index in [2.05, 4.69) is 12.6 Å². The highest BCUT2D eigenvalue weighted by molar-refractivity contribution is 7.80. The fraction of sp³-hybridized carbons (Fsp3) is 0.0769. The van der Waals surface area contributed by atoms with Crippen molar-refractivity contribution < 1.29 is 9.84 Å². The summed E-state index contributed by atoms with van der Waals surface area (Å²) in [6.45, 7) is 0. The predicted octanol–water partition coefficient (Wildman–Crippen LogP) is 3.36. The third-order valence-electron chi connectivity index (χ3n) is 2.39. The number of rotatable bonds is 2. The molecule has 82 valence electrons. The second-order valence-electron chi connectivity index (χ2n) is 3.40. The maximum absolute atomic E-state index is 9.69. The van der Waals surface area contributed by atoms with Gasteiger partial charge in [0.25, 0.3) is 0 Å². The molecule has 0 radical (unpaired) electrons. The number of aromatic hydroxyl groups is 1. The smallest absolute Gasteiger partial charge is 0.160 e. The molecule has 0 heterocycles. The van der Waals surface area contributed by atoms with Gasteiger partial charge in [-0.1, -0.05) is 24.3 Å². The molecule has 0 aromatic heterocycles. The van der Waals surface area contributed by atoms with Gasteiger partial charge in [0, 0.05) is 4.90 Å². The van der Waals surface area contributed by atoms with Crippen molar-refractivity contribution in [3.63, 3.8) is 0 Å². The zero-order valence-corrected chi connectivity index (χ0v) is 9.74. The summed E-state index contributed by atoms with van der Waals surface area (Å²) in [5, 5.41) is 9.69. The lowest BCUT2D eigenvalue weighted by molar-refractivity contribution is 0.373. The molecule has 0 amide bonds. The largest absolute Gasteiger partial charge is 0.504 e. The molecule has 0 spiro atoms. The van der Waals surface area contributed by atoms with Gasteiger partial charge in [0.1, 0.15) is 0 Å². The standard InChI is InChI=1S/C13H12O2S/c1-15-12-7-6-9(8-11(12)14)10-4-2-3-5-13(10)16/h2-8,14,16H,1H3. The number of phenolic OH excluding ortho intramolecular Hbond substituents is 1. The van der Waals surface area contributed by atoms with Gasteiger partial charge < -0.3 is 9.84 Å². The van der Waals surface area contributed by atoms with Crippen LogP contribution in [0.3, 0.4) is 0 Å². The van der Waals surface area contributed by atoms with Crippen LogP contribution in [0.4, 0.5) is 0 Å². The van der Waals surface area contributed by atoms with Gasteiger partial charge in [0.05, 0.1) is 7.11 Å². The second kappa shape index (κ2) is 4.49. The third kappa shape index (κ3) is 1.99. The topological polar surface area (TPSA) is 29.5 Å². The number of benzene rings is 2. The first-order valence-electron chi connectivity index (χ1n) is 4.87. The Hall–Kier alpha value is -1.61. The fourth-order valence-electron chi connectivity index (χ4n) is 1.58. The Morgan fingerprint density at radius 1 is 1.12 bits per heavy atom. The molecule has 0 saturated heterocycles. The normalized spacial score (nSPS) is 10.1. The van der Waals surface area contributed by atoms with Crippen molar-refractivity contribution in [2.45, 2.75) is 4.90 Å². The quantitative estimate of drug-likeness (QED) is 0.777. The third-order valence-corrected chi connectivity index (χ3v) is 2.78. The Kier molecular flexibility index (Phi) is 3.06. The van der Waals surface area contributed by atoms with E-state index in [1.165, 1.54) is 7.11 Å². The summed E-state index contributed by atoms with van der Waals surface area (Å²) < 4.78 is 5.00. The van der Waals surface area contributed by atoms with Crippen LogP contribution in [-0.4, -0.2) is 12.2 Å². The van der Waals surface area contributed by atoms with Crippen LogP contribution in [0.1, 0.15) is 0 Å². The highest BCUT2D eigenvalue weighted by Gasteiger charge is 2.06. The predicted molar refractivity (Wildman–Crippen MR) is 67.3 cm³/mol. The minimum Gasteiger partial charge on any atom is -0.504 e. The molecule has 0 aliphatic heterocycles. The first-order chi connectivity index (χ1) is 7.72. The first kappa shape index (κ1) is 10.9. The molecule has 0 aliphatic carbocycles. The summed E-state index contributed by atoms with van der Waals surface area (Å²) in [7, 11) is 1.53. The first-order valence-corrected chi connectivity index (χ1v) is 5.32. The minimum absolute atomic E-state index is 0.136. The number of hydrogen-bond acceptors (Lipinski definition) is 3. The lowest BCUT2D eigenvalue weighted by Gasteiger charge is -2.08. The average Bonchev–Trinajstić information content (AvgIpc) is 2.29. The molecular formula is C13H12O2S. The Balaban J connectivity index is 2.50. The average molecular weight is 232 g/mol. The molecule has 16 heavy (non-hydrogen) atoms. The number of ether oxygens (including phenoxy) is 1. The number of hydrogen-bond donors (Lipinski definition) is 2. The van der Waals surface area contributed by atoms with Gasteiger partial charge in [0.15, 0.2) is 11.5 Å². The van der Waals surface area contributed by atoms with Crippen molar-refractivity contribution in [1.82, 2.24) is 0 Å². The van der Waals surface area contributed by atoms with E-state index in [1.54, 1.807) is 12.1 Å². The van der Waals surface area contributed by atoms with Crippen molar-refractivity contribution >= 4 is 12.6 Å². The molecule has 0 atom stereocenters. The Morgan fingerprint density at radius 3 is 2.50 bits per heavy atom. The van der Waals surface area contributed by atoms with Crippen LogP contribution in [0.15, 0.2) is 47.4 Å². The van der Waals surface area contributed by atoms with Crippen LogP contribution in [0.5, 0.6) is 11.5 Å². The summed E-state index contributed by atoms with van der Waals surface area (Å²) >= 11 is 4.38. The van der Waals surface area contributed by atoms with Crippen LogP contribution in [0.2, 0.25) is 0 Å². The van der Waals surface area contributed by atoms with Crippen molar-refractivity contribution in [2.24, 2.45) is 0 Å². The Morgan fingerprint density at radius 2 is 1.88 bits per heavy atom. The lowest BCUT2D eigenvalue weighted by atomic mass is 10.1. The molecule has 0 bridgehead atoms. The molecule has 0 unspecified atom stereocenters. The maximum atomic E-state index is 9.69. The van der Waals surface area contributed by atoms with Crippen LogP contribution >= 0.6 is 12.6 Å². The summed E-state index contributed by atoms with van der Waals surface area (Å²) in [5.74, 6) is 0.608. The van der Waals surface area contributed by atoms with E-state index in [-0.39, 0.29) is 5.75 Å². The van der Waals surface area contributed by atoms with Gasteiger partial charge in [-0.2, -0.15) is 0 Å². The second-order valence-corrected chi connectivity index (χ2v) is 3.89. The Bertz CT molecular complexity index is 509. The molecule has 2 aromatic rings. The van der Waals surface area contributed by atoms with E-state index >= 15 is 0 Å². The van der Waals surface area contributed by atoms with Crippen LogP contribution in [-0.2, 0) is 0 Å². The summed E-state index contributed by atoms with van der Waals surface area (Å²) in [4.78, 5) is 0.882. The van der Waals surface area contributed by atoms with Gasteiger partial charge in [-0.25, -0.2) is 0 Å². The van der Waals surface area contributed by atoms with E-state index < -0.39 is 0 Å². The van der Waals surface area contributed by atoms with Gasteiger partial charge in [-0.3, -0.25) is 0 Å². The highest BCUT2D eigenvalue weighted by atomic mass is 32.1. The van der Waals surface area contributed by atoms with Crippen molar-refractivity contribution in [3.8, 4) is 22.6 Å². The molecule has 0 fully saturated rings. The van der Waals surface area contributed by atoms with E-state index in [0.717, 1.165) is 16.0 Å². The van der Waals surface area contributed by atoms with Crippen molar-refractivity contribution in [1.29, 1.82) is 0 Å².